The Morgan fingerprint density at radius 2 is 1.62 bits per heavy atom. The van der Waals surface area contributed by atoms with Gasteiger partial charge in [0.15, 0.2) is 0 Å². The number of nitrogens with one attached hydrogen (secondary N) is 2. The Hall–Kier alpha value is -3.31. The fourth-order valence-corrected chi connectivity index (χ4v) is 10.3. The van der Waals surface area contributed by atoms with Gasteiger partial charge in [-0.3, -0.25) is 9.69 Å². The first-order chi connectivity index (χ1) is 23.1. The molecule has 3 aliphatic rings. The molecule has 3 atom stereocenters. The van der Waals surface area contributed by atoms with Crippen molar-refractivity contribution in [2.75, 3.05) is 13.6 Å². The lowest BCUT2D eigenvalue weighted by molar-refractivity contribution is 0.0851. The molecule has 3 aromatic carbocycles. The van der Waals surface area contributed by atoms with E-state index in [1.54, 1.807) is 0 Å². The van der Waals surface area contributed by atoms with E-state index < -0.39 is 31.7 Å². The molecule has 2 aliphatic heterocycles. The van der Waals surface area contributed by atoms with Gasteiger partial charge in [0, 0.05) is 24.2 Å². The lowest BCUT2D eigenvalue weighted by atomic mass is 9.66. The minimum atomic E-state index is -4.18. The minimum Gasteiger partial charge on any atom is -0.349 e. The third-order valence-corrected chi connectivity index (χ3v) is 13.3. The number of hydrogen-bond donors (Lipinski definition) is 2. The lowest BCUT2D eigenvalue weighted by Crippen LogP contribution is -2.47. The Balaban J connectivity index is 1.04. The number of amides is 1. The van der Waals surface area contributed by atoms with Crippen molar-refractivity contribution in [3.63, 3.8) is 0 Å². The number of para-hydroxylation sites is 2. The number of rotatable bonds is 9. The van der Waals surface area contributed by atoms with E-state index >= 15 is 0 Å². The number of nitrogens with zero attached hydrogens (tertiary/aromatic N) is 3. The third kappa shape index (κ3) is 6.06. The molecule has 3 heterocycles. The number of benzene rings is 3. The van der Waals surface area contributed by atoms with Gasteiger partial charge in [0.1, 0.15) is 16.5 Å². The van der Waals surface area contributed by atoms with E-state index in [1.807, 2.05) is 0 Å². The van der Waals surface area contributed by atoms with E-state index in [0.29, 0.717) is 18.1 Å². The van der Waals surface area contributed by atoms with Crippen LogP contribution in [0.1, 0.15) is 85.6 Å². The number of carbonyl (C=O) groups is 1. The third-order valence-electron chi connectivity index (χ3n) is 11.3. The van der Waals surface area contributed by atoms with E-state index in [4.69, 9.17) is 16.6 Å². The van der Waals surface area contributed by atoms with Gasteiger partial charge in [0.2, 0.25) is 10.0 Å². The molecule has 1 unspecified atom stereocenters. The van der Waals surface area contributed by atoms with Crippen molar-refractivity contribution < 1.29 is 17.6 Å². The summed E-state index contributed by atoms with van der Waals surface area (Å²) in [4.78, 5) is 20.3. The number of piperidine rings is 1. The molecule has 1 saturated carbocycles. The van der Waals surface area contributed by atoms with E-state index in [-0.39, 0.29) is 17.0 Å². The van der Waals surface area contributed by atoms with Gasteiger partial charge in [-0.25, -0.2) is 22.5 Å². The van der Waals surface area contributed by atoms with Crippen molar-refractivity contribution in [3.8, 4) is 0 Å². The first-order valence-corrected chi connectivity index (χ1v) is 18.9. The van der Waals surface area contributed by atoms with Crippen LogP contribution in [0.3, 0.4) is 0 Å². The maximum Gasteiger partial charge on any atom is 0.253 e. The molecule has 0 spiro atoms. The van der Waals surface area contributed by atoms with Crippen LogP contribution < -0.4 is 10.0 Å². The molecule has 2 N–H and O–H groups in total. The van der Waals surface area contributed by atoms with E-state index in [0.717, 1.165) is 68.9 Å². The molecule has 1 aliphatic carbocycles. The SMILES string of the molecule is CNS(=O)(=O)c1c(F)ccc(C(=O)NC2CCC(CCN3[C@@H]4CC[C@H]3CC(n3c(C)nc5ccccc53)C4)(c3ccccc3)CC2)c1Cl. The Bertz CT molecular complexity index is 1910. The highest BCUT2D eigenvalue weighted by Crippen LogP contribution is 2.46. The van der Waals surface area contributed by atoms with Gasteiger partial charge in [-0.05, 0) is 114 Å². The van der Waals surface area contributed by atoms with Crippen LogP contribution in [-0.2, 0) is 15.4 Å². The summed E-state index contributed by atoms with van der Waals surface area (Å²) < 4.78 is 43.8. The van der Waals surface area contributed by atoms with Crippen molar-refractivity contribution >= 4 is 38.6 Å². The average molecular weight is 692 g/mol. The zero-order valence-corrected chi connectivity index (χ0v) is 29.0. The van der Waals surface area contributed by atoms with Crippen LogP contribution in [0.25, 0.3) is 11.0 Å². The number of sulfonamides is 1. The largest absolute Gasteiger partial charge is 0.349 e. The quantitative estimate of drug-likeness (QED) is 0.199. The second-order valence-electron chi connectivity index (χ2n) is 13.9. The Kier molecular flexibility index (Phi) is 9.12. The van der Waals surface area contributed by atoms with Gasteiger partial charge in [0.25, 0.3) is 5.91 Å². The lowest BCUT2D eigenvalue weighted by Gasteiger charge is -2.45. The standard InChI is InChI=1S/C37H43ClFN5O3S/c1-24-41-32-10-6-7-11-33(32)44(24)29-22-27-12-13-28(23-29)43(27)21-20-37(25-8-4-3-5-9-25)18-16-26(17-19-37)42-36(45)30-14-15-31(39)35(34(30)38)48(46,47)40-2/h3-11,14-15,26-29,40H,12-13,16-23H2,1-2H3,(H,42,45)/t26?,27-,28+,29?,37?. The van der Waals surface area contributed by atoms with E-state index in [2.05, 4.69) is 81.0 Å². The fraction of sp³-hybridized carbons (Fsp3) is 0.459. The van der Waals surface area contributed by atoms with Crippen molar-refractivity contribution in [1.29, 1.82) is 0 Å². The molecule has 8 nitrogen and oxygen atoms in total. The number of carbonyl (C=O) groups excluding carboxylic acids is 1. The highest BCUT2D eigenvalue weighted by molar-refractivity contribution is 7.89. The van der Waals surface area contributed by atoms with Crippen LogP contribution in [0, 0.1) is 12.7 Å². The van der Waals surface area contributed by atoms with E-state index in [9.17, 15) is 17.6 Å². The highest BCUT2D eigenvalue weighted by atomic mass is 35.5. The molecule has 11 heteroatoms. The van der Waals surface area contributed by atoms with Gasteiger partial charge >= 0.3 is 0 Å². The molecule has 4 aromatic rings. The first-order valence-electron chi connectivity index (χ1n) is 17.1. The van der Waals surface area contributed by atoms with Crippen molar-refractivity contribution in [2.24, 2.45) is 0 Å². The Morgan fingerprint density at radius 3 is 2.31 bits per heavy atom. The molecule has 254 valence electrons. The second-order valence-corrected chi connectivity index (χ2v) is 16.1. The molecular weight excluding hydrogens is 649 g/mol. The summed E-state index contributed by atoms with van der Waals surface area (Å²) in [5.74, 6) is -0.393. The predicted octanol–water partition coefficient (Wildman–Crippen LogP) is 6.91. The maximum absolute atomic E-state index is 14.5. The molecular formula is C37H43ClFN5O3S. The number of fused-ring (bicyclic) bond motifs is 3. The Labute approximate surface area is 287 Å². The van der Waals surface area contributed by atoms with Crippen molar-refractivity contribution in [1.82, 2.24) is 24.5 Å². The minimum absolute atomic E-state index is 0.00250. The number of hydrogen-bond acceptors (Lipinski definition) is 5. The van der Waals surface area contributed by atoms with Crippen LogP contribution in [0.4, 0.5) is 4.39 Å². The average Bonchev–Trinajstić information content (AvgIpc) is 3.54. The predicted molar refractivity (Wildman–Crippen MR) is 186 cm³/mol. The molecule has 0 radical (unpaired) electrons. The van der Waals surface area contributed by atoms with Crippen LogP contribution in [0.5, 0.6) is 0 Å². The molecule has 2 saturated heterocycles. The number of halogens is 2. The monoisotopic (exact) mass is 691 g/mol. The summed E-state index contributed by atoms with van der Waals surface area (Å²) in [6.45, 7) is 3.18. The highest BCUT2D eigenvalue weighted by Gasteiger charge is 2.44. The topological polar surface area (TPSA) is 96.3 Å². The fourth-order valence-electron chi connectivity index (χ4n) is 8.90. The van der Waals surface area contributed by atoms with Crippen LogP contribution in [0.15, 0.2) is 71.6 Å². The van der Waals surface area contributed by atoms with Gasteiger partial charge in [-0.15, -0.1) is 0 Å². The van der Waals surface area contributed by atoms with Crippen LogP contribution in [0.2, 0.25) is 5.02 Å². The molecule has 2 bridgehead atoms. The van der Waals surface area contributed by atoms with Gasteiger partial charge in [-0.2, -0.15) is 0 Å². The zero-order chi connectivity index (χ0) is 33.6. The summed E-state index contributed by atoms with van der Waals surface area (Å²) in [7, 11) is -3.01. The number of aromatic nitrogens is 2. The summed E-state index contributed by atoms with van der Waals surface area (Å²) in [6.07, 6.45) is 9.23. The van der Waals surface area contributed by atoms with Crippen LogP contribution >= 0.6 is 11.6 Å². The number of aryl methyl sites for hydroxylation is 1. The van der Waals surface area contributed by atoms with Crippen molar-refractivity contribution in [2.45, 2.75) is 99.2 Å². The second kappa shape index (κ2) is 13.2. The van der Waals surface area contributed by atoms with Gasteiger partial charge in [0.05, 0.1) is 21.6 Å². The summed E-state index contributed by atoms with van der Waals surface area (Å²) in [5.41, 5.74) is 3.61. The molecule has 48 heavy (non-hydrogen) atoms. The molecule has 1 aromatic heterocycles. The molecule has 1 amide bonds. The summed E-state index contributed by atoms with van der Waals surface area (Å²) >= 11 is 6.30. The summed E-state index contributed by atoms with van der Waals surface area (Å²) in [6, 6.07) is 23.0. The molecule has 7 rings (SSSR count). The van der Waals surface area contributed by atoms with Crippen LogP contribution in [-0.4, -0.2) is 60.5 Å². The normalized spacial score (nSPS) is 26.2. The van der Waals surface area contributed by atoms with Gasteiger partial charge < -0.3 is 9.88 Å². The van der Waals surface area contributed by atoms with Crippen molar-refractivity contribution in [3.05, 3.63) is 94.5 Å². The van der Waals surface area contributed by atoms with E-state index in [1.165, 1.54) is 37.0 Å². The first kappa shape index (κ1) is 33.2. The smallest absolute Gasteiger partial charge is 0.253 e. The van der Waals surface area contributed by atoms with Gasteiger partial charge in [-0.1, -0.05) is 54.1 Å². The maximum atomic E-state index is 14.5. The summed E-state index contributed by atoms with van der Waals surface area (Å²) in [5, 5.41) is 2.66. The zero-order valence-electron chi connectivity index (χ0n) is 27.5. The number of imidazole rings is 1. The Morgan fingerprint density at radius 1 is 0.958 bits per heavy atom. The molecule has 3 fully saturated rings.